The fourth-order valence-corrected chi connectivity index (χ4v) is 4.32. The number of aryl methyl sites for hydroxylation is 1. The average Bonchev–Trinajstić information content (AvgIpc) is 3.40. The maximum absolute atomic E-state index is 13.5. The number of aromatic nitrogens is 2. The van der Waals surface area contributed by atoms with Crippen LogP contribution in [0.4, 0.5) is 4.79 Å². The Morgan fingerprint density at radius 2 is 1.84 bits per heavy atom. The van der Waals surface area contributed by atoms with Gasteiger partial charge in [-0.3, -0.25) is 14.4 Å². The second-order valence-corrected chi connectivity index (χ2v) is 9.91. The van der Waals surface area contributed by atoms with E-state index < -0.39 is 5.60 Å². The molecule has 0 bridgehead atoms. The summed E-state index contributed by atoms with van der Waals surface area (Å²) in [6, 6.07) is 8.35. The molecule has 7 heteroatoms. The molecular weight excluding hydrogens is 392 g/mol. The summed E-state index contributed by atoms with van der Waals surface area (Å²) in [7, 11) is 1.87. The Bertz CT molecular complexity index is 999. The predicted molar refractivity (Wildman–Crippen MR) is 118 cm³/mol. The monoisotopic (exact) mass is 424 g/mol. The largest absolute Gasteiger partial charge is 0.444 e. The van der Waals surface area contributed by atoms with Gasteiger partial charge in [-0.15, -0.1) is 0 Å². The first kappa shape index (κ1) is 21.4. The van der Waals surface area contributed by atoms with E-state index in [2.05, 4.69) is 36.3 Å². The van der Waals surface area contributed by atoms with Gasteiger partial charge in [-0.2, -0.15) is 5.10 Å². The Morgan fingerprint density at radius 3 is 2.42 bits per heavy atom. The maximum atomic E-state index is 13.5. The van der Waals surface area contributed by atoms with Crippen molar-refractivity contribution in [3.8, 4) is 0 Å². The summed E-state index contributed by atoms with van der Waals surface area (Å²) in [6.07, 6.45) is 3.17. The van der Waals surface area contributed by atoms with Crippen LogP contribution in [0, 0.1) is 6.92 Å². The number of hydrogen-bond acceptors (Lipinski definition) is 4. The average molecular weight is 425 g/mol. The van der Waals surface area contributed by atoms with E-state index in [0.717, 1.165) is 18.5 Å². The van der Waals surface area contributed by atoms with Crippen LogP contribution in [0.1, 0.15) is 67.7 Å². The Labute approximate surface area is 184 Å². The molecule has 0 saturated heterocycles. The minimum Gasteiger partial charge on any atom is -0.444 e. The fraction of sp³-hybridized carbons (Fsp3) is 0.542. The third-order valence-electron chi connectivity index (χ3n) is 6.36. The van der Waals surface area contributed by atoms with E-state index in [1.54, 1.807) is 11.1 Å². The lowest BCUT2D eigenvalue weighted by Crippen LogP contribution is -2.47. The molecule has 166 valence electrons. The number of rotatable bonds is 3. The SMILES string of the molecule is Cc1ccc(C2(N(C)C(=O)c3cnn4c3CN(C(=O)OC(C)(C)C)C(C)C4)CC2)cc1. The van der Waals surface area contributed by atoms with Crippen LogP contribution in [0.2, 0.25) is 0 Å². The number of carbonyl (C=O) groups is 2. The summed E-state index contributed by atoms with van der Waals surface area (Å²) in [5, 5.41) is 4.46. The van der Waals surface area contributed by atoms with Crippen molar-refractivity contribution in [3.05, 3.63) is 52.8 Å². The van der Waals surface area contributed by atoms with E-state index in [4.69, 9.17) is 4.74 Å². The molecule has 1 fully saturated rings. The predicted octanol–water partition coefficient (Wildman–Crippen LogP) is 4.09. The van der Waals surface area contributed by atoms with Crippen LogP contribution in [-0.2, 0) is 23.4 Å². The smallest absolute Gasteiger partial charge is 0.410 e. The van der Waals surface area contributed by atoms with Gasteiger partial charge >= 0.3 is 6.09 Å². The van der Waals surface area contributed by atoms with Crippen molar-refractivity contribution in [2.45, 2.75) is 77.7 Å². The molecule has 1 aliphatic heterocycles. The van der Waals surface area contributed by atoms with E-state index in [1.165, 1.54) is 11.1 Å². The van der Waals surface area contributed by atoms with Crippen molar-refractivity contribution in [1.82, 2.24) is 19.6 Å². The third-order valence-corrected chi connectivity index (χ3v) is 6.36. The van der Waals surface area contributed by atoms with Gasteiger partial charge in [0.1, 0.15) is 5.60 Å². The van der Waals surface area contributed by atoms with Crippen LogP contribution in [0.15, 0.2) is 30.5 Å². The number of nitrogens with zero attached hydrogens (tertiary/aromatic N) is 4. The van der Waals surface area contributed by atoms with Gasteiger partial charge in [0.2, 0.25) is 0 Å². The molecule has 0 N–H and O–H groups in total. The van der Waals surface area contributed by atoms with Crippen LogP contribution in [0.3, 0.4) is 0 Å². The molecule has 31 heavy (non-hydrogen) atoms. The first-order chi connectivity index (χ1) is 14.5. The Morgan fingerprint density at radius 1 is 1.19 bits per heavy atom. The van der Waals surface area contributed by atoms with Crippen LogP contribution in [0.25, 0.3) is 0 Å². The molecule has 2 aliphatic rings. The highest BCUT2D eigenvalue weighted by molar-refractivity contribution is 5.96. The van der Waals surface area contributed by atoms with Crippen LogP contribution >= 0.6 is 0 Å². The van der Waals surface area contributed by atoms with Crippen molar-refractivity contribution >= 4 is 12.0 Å². The molecule has 1 unspecified atom stereocenters. The lowest BCUT2D eigenvalue weighted by atomic mass is 10.0. The zero-order chi connectivity index (χ0) is 22.6. The summed E-state index contributed by atoms with van der Waals surface area (Å²) >= 11 is 0. The number of fused-ring (bicyclic) bond motifs is 1. The van der Waals surface area contributed by atoms with E-state index in [9.17, 15) is 9.59 Å². The lowest BCUT2D eigenvalue weighted by molar-refractivity contribution is 0.00882. The molecule has 2 aromatic rings. The van der Waals surface area contributed by atoms with Crippen molar-refractivity contribution in [1.29, 1.82) is 0 Å². The summed E-state index contributed by atoms with van der Waals surface area (Å²) in [4.78, 5) is 29.8. The molecule has 0 spiro atoms. The van der Waals surface area contributed by atoms with E-state index in [1.807, 2.05) is 44.3 Å². The topological polar surface area (TPSA) is 67.7 Å². The number of amides is 2. The van der Waals surface area contributed by atoms with Crippen LogP contribution in [-0.4, -0.2) is 50.3 Å². The fourth-order valence-electron chi connectivity index (χ4n) is 4.32. The highest BCUT2D eigenvalue weighted by Gasteiger charge is 2.50. The van der Waals surface area contributed by atoms with Crippen LogP contribution in [0.5, 0.6) is 0 Å². The van der Waals surface area contributed by atoms with Gasteiger partial charge in [0.05, 0.1) is 42.1 Å². The molecule has 1 saturated carbocycles. The first-order valence-electron chi connectivity index (χ1n) is 10.9. The van der Waals surface area contributed by atoms with E-state index >= 15 is 0 Å². The van der Waals surface area contributed by atoms with Gasteiger partial charge in [-0.1, -0.05) is 29.8 Å². The highest BCUT2D eigenvalue weighted by Crippen LogP contribution is 2.51. The molecule has 1 atom stereocenters. The minimum atomic E-state index is -0.570. The molecule has 7 nitrogen and oxygen atoms in total. The summed E-state index contributed by atoms with van der Waals surface area (Å²) in [5.74, 6) is -0.0574. The Balaban J connectivity index is 1.58. The lowest BCUT2D eigenvalue weighted by Gasteiger charge is -2.36. The minimum absolute atomic E-state index is 0.0574. The maximum Gasteiger partial charge on any atom is 0.410 e. The van der Waals surface area contributed by atoms with Gasteiger partial charge in [0.15, 0.2) is 0 Å². The first-order valence-corrected chi connectivity index (χ1v) is 10.9. The highest BCUT2D eigenvalue weighted by atomic mass is 16.6. The molecule has 1 aliphatic carbocycles. The van der Waals surface area contributed by atoms with Crippen molar-refractivity contribution in [2.24, 2.45) is 0 Å². The number of benzene rings is 1. The van der Waals surface area contributed by atoms with Crippen molar-refractivity contribution in [3.63, 3.8) is 0 Å². The quantitative estimate of drug-likeness (QED) is 0.744. The second-order valence-electron chi connectivity index (χ2n) is 9.91. The zero-order valence-corrected chi connectivity index (χ0v) is 19.3. The zero-order valence-electron chi connectivity index (χ0n) is 19.3. The van der Waals surface area contributed by atoms with Crippen molar-refractivity contribution in [2.75, 3.05) is 7.05 Å². The van der Waals surface area contributed by atoms with Gasteiger partial charge in [-0.25, -0.2) is 4.79 Å². The van der Waals surface area contributed by atoms with Gasteiger partial charge in [0, 0.05) is 7.05 Å². The molecule has 0 radical (unpaired) electrons. The van der Waals surface area contributed by atoms with Crippen molar-refractivity contribution < 1.29 is 14.3 Å². The summed E-state index contributed by atoms with van der Waals surface area (Å²) in [6.45, 7) is 10.4. The Kier molecular flexibility index (Phi) is 5.10. The van der Waals surface area contributed by atoms with E-state index in [-0.39, 0.29) is 23.6 Å². The number of hydrogen-bond donors (Lipinski definition) is 0. The van der Waals surface area contributed by atoms with E-state index in [0.29, 0.717) is 18.7 Å². The summed E-state index contributed by atoms with van der Waals surface area (Å²) in [5.41, 5.74) is 2.86. The standard InChI is InChI=1S/C24H32N4O3/c1-16-7-9-18(10-8-16)24(11-12-24)26(6)21(29)19-13-25-28-14-17(2)27(15-20(19)28)22(30)31-23(3,4)5/h7-10,13,17H,11-12,14-15H2,1-6H3. The van der Waals surface area contributed by atoms with Gasteiger partial charge in [0.25, 0.3) is 5.91 Å². The van der Waals surface area contributed by atoms with Crippen LogP contribution < -0.4 is 0 Å². The molecule has 2 heterocycles. The normalized spacial score (nSPS) is 19.5. The molecule has 2 amide bonds. The molecule has 4 rings (SSSR count). The number of ether oxygens (including phenoxy) is 1. The molecular formula is C24H32N4O3. The molecule has 1 aromatic heterocycles. The Hall–Kier alpha value is -2.83. The summed E-state index contributed by atoms with van der Waals surface area (Å²) < 4.78 is 7.43. The van der Waals surface area contributed by atoms with Gasteiger partial charge in [-0.05, 0) is 53.0 Å². The number of carbonyl (C=O) groups excluding carboxylic acids is 2. The van der Waals surface area contributed by atoms with Gasteiger partial charge < -0.3 is 9.64 Å². The molecule has 1 aromatic carbocycles. The third kappa shape index (κ3) is 3.93. The second kappa shape index (κ2) is 7.39.